The molecule has 0 aliphatic carbocycles. The molecule has 0 saturated carbocycles. The van der Waals surface area contributed by atoms with Crippen LogP contribution in [-0.2, 0) is 14.8 Å². The Balaban J connectivity index is 3.48. The number of esters is 1. The first-order valence-electron chi connectivity index (χ1n) is 5.78. The zero-order valence-electron chi connectivity index (χ0n) is 11.0. The molecule has 0 atom stereocenters. The Labute approximate surface area is 124 Å². The minimum atomic E-state index is -2.46. The number of methoxy groups -OCH3 is 1. The van der Waals surface area contributed by atoms with Crippen LogP contribution in [0.2, 0.25) is 10.0 Å². The van der Waals surface area contributed by atoms with E-state index in [-0.39, 0.29) is 16.3 Å². The average Bonchev–Trinajstić information content (AvgIpc) is 2.42. The van der Waals surface area contributed by atoms with E-state index < -0.39 is 16.1 Å². The molecule has 1 aromatic rings. The van der Waals surface area contributed by atoms with E-state index in [1.807, 2.05) is 13.8 Å². The lowest BCUT2D eigenvalue weighted by Gasteiger charge is -2.21. The van der Waals surface area contributed by atoms with Gasteiger partial charge in [0.25, 0.3) is 0 Å². The van der Waals surface area contributed by atoms with E-state index in [4.69, 9.17) is 23.2 Å². The van der Waals surface area contributed by atoms with Gasteiger partial charge in [0.05, 0.1) is 22.7 Å². The van der Waals surface area contributed by atoms with E-state index in [0.29, 0.717) is 16.5 Å². The number of thiol groups is 1. The molecule has 0 unspecified atom stereocenters. The molecule has 19 heavy (non-hydrogen) atoms. The maximum absolute atomic E-state index is 11.6. The third kappa shape index (κ3) is 3.69. The van der Waals surface area contributed by atoms with Gasteiger partial charge in [0, 0.05) is 11.5 Å². The van der Waals surface area contributed by atoms with Crippen molar-refractivity contribution in [1.29, 1.82) is 0 Å². The topological polar surface area (TPSA) is 58.9 Å². The lowest BCUT2D eigenvalue weighted by atomic mass is 10.2. The maximum atomic E-state index is 11.6. The number of benzene rings is 1. The number of carbonyl (C=O) groups excluding carboxylic acids is 1. The predicted octanol–water partition coefficient (Wildman–Crippen LogP) is 3.99. The van der Waals surface area contributed by atoms with E-state index in [0.717, 1.165) is 0 Å². The second kappa shape index (κ2) is 6.70. The number of nitrogens with zero attached hydrogens (tertiary/aromatic N) is 1. The number of halogens is 2. The van der Waals surface area contributed by atoms with E-state index in [9.17, 15) is 9.35 Å². The van der Waals surface area contributed by atoms with Crippen molar-refractivity contribution in [3.05, 3.63) is 27.7 Å². The Hall–Kier alpha value is -0.620. The summed E-state index contributed by atoms with van der Waals surface area (Å²) in [5.41, 5.74) is 0.442. The summed E-state index contributed by atoms with van der Waals surface area (Å²) in [7, 11) is -1.19. The van der Waals surface area contributed by atoms with Gasteiger partial charge >= 0.3 is 5.97 Å². The Kier molecular flexibility index (Phi) is 5.80. The van der Waals surface area contributed by atoms with Crippen LogP contribution in [0.15, 0.2) is 16.5 Å². The molecule has 108 valence electrons. The highest BCUT2D eigenvalue weighted by atomic mass is 35.5. The van der Waals surface area contributed by atoms with Crippen molar-refractivity contribution in [1.82, 2.24) is 0 Å². The van der Waals surface area contributed by atoms with Crippen molar-refractivity contribution in [3.8, 4) is 0 Å². The number of hydrogen-bond acceptors (Lipinski definition) is 3. The Morgan fingerprint density at radius 3 is 2.42 bits per heavy atom. The van der Waals surface area contributed by atoms with Crippen LogP contribution in [0.1, 0.15) is 24.2 Å². The number of hydrogen-bond donors (Lipinski definition) is 2. The summed E-state index contributed by atoms with van der Waals surface area (Å²) in [6.07, 6.45) is 0. The van der Waals surface area contributed by atoms with Gasteiger partial charge in [0.1, 0.15) is 5.69 Å². The molecule has 0 aromatic heterocycles. The van der Waals surface area contributed by atoms with Crippen LogP contribution in [-0.4, -0.2) is 29.1 Å². The quantitative estimate of drug-likeness (QED) is 0.649. The molecule has 7 heteroatoms. The normalized spacial score (nSPS) is 12.1. The Morgan fingerprint density at radius 1 is 1.37 bits per heavy atom. The van der Waals surface area contributed by atoms with Crippen molar-refractivity contribution >= 4 is 45.0 Å². The summed E-state index contributed by atoms with van der Waals surface area (Å²) < 4.78 is 19.3. The molecular weight excluding hydrogens is 309 g/mol. The van der Waals surface area contributed by atoms with Crippen LogP contribution in [0.3, 0.4) is 0 Å². The maximum Gasteiger partial charge on any atom is 0.339 e. The van der Waals surface area contributed by atoms with Crippen molar-refractivity contribution in [2.24, 2.45) is 4.36 Å². The molecule has 0 aliphatic rings. The standard InChI is InChI=1S/C12H17Cl2NO3S/c1-4-19(17,5-2)15-11-9(13)7-6-8(10(11)14)12(16)18-3/h6-7,19H,4-5H2,1-3H3,(H,15,17). The van der Waals surface area contributed by atoms with Crippen LogP contribution >= 0.6 is 23.2 Å². The lowest BCUT2D eigenvalue weighted by molar-refractivity contribution is 0.0601. The summed E-state index contributed by atoms with van der Waals surface area (Å²) in [6, 6.07) is 3.00. The summed E-state index contributed by atoms with van der Waals surface area (Å²) in [4.78, 5) is 11.6. The van der Waals surface area contributed by atoms with E-state index in [1.165, 1.54) is 19.2 Å². The zero-order chi connectivity index (χ0) is 14.6. The SMILES string of the molecule is CC[SH](O)(CC)=Nc1c(Cl)ccc(C(=O)OC)c1Cl. The van der Waals surface area contributed by atoms with Gasteiger partial charge in [-0.25, -0.2) is 9.16 Å². The minimum Gasteiger partial charge on any atom is -0.465 e. The Bertz CT molecular complexity index is 538. The van der Waals surface area contributed by atoms with Gasteiger partial charge in [0.2, 0.25) is 0 Å². The number of rotatable bonds is 4. The second-order valence-electron chi connectivity index (χ2n) is 3.86. The molecule has 0 radical (unpaired) electrons. The molecule has 4 nitrogen and oxygen atoms in total. The third-order valence-electron chi connectivity index (χ3n) is 2.77. The van der Waals surface area contributed by atoms with Gasteiger partial charge in [-0.05, 0) is 12.1 Å². The molecule has 0 aliphatic heterocycles. The van der Waals surface area contributed by atoms with Crippen LogP contribution < -0.4 is 0 Å². The molecule has 0 bridgehead atoms. The first-order valence-corrected chi connectivity index (χ1v) is 8.60. The van der Waals surface area contributed by atoms with Crippen molar-refractivity contribution in [2.75, 3.05) is 18.6 Å². The van der Waals surface area contributed by atoms with E-state index >= 15 is 0 Å². The minimum absolute atomic E-state index is 0.111. The molecule has 1 aromatic carbocycles. The smallest absolute Gasteiger partial charge is 0.339 e. The van der Waals surface area contributed by atoms with Gasteiger partial charge in [-0.15, -0.1) is 10.1 Å². The van der Waals surface area contributed by atoms with Gasteiger partial charge < -0.3 is 9.29 Å². The summed E-state index contributed by atoms with van der Waals surface area (Å²) in [5, 5.41) is 0.414. The van der Waals surface area contributed by atoms with Gasteiger partial charge in [-0.3, -0.25) is 0 Å². The van der Waals surface area contributed by atoms with Gasteiger partial charge in [-0.1, -0.05) is 37.0 Å². The van der Waals surface area contributed by atoms with E-state index in [2.05, 4.69) is 9.10 Å². The lowest BCUT2D eigenvalue weighted by Crippen LogP contribution is -2.15. The fourth-order valence-corrected chi connectivity index (χ4v) is 3.41. The second-order valence-corrected chi connectivity index (χ2v) is 7.87. The van der Waals surface area contributed by atoms with Gasteiger partial charge in [-0.2, -0.15) is 0 Å². The summed E-state index contributed by atoms with van der Waals surface area (Å²) in [6.45, 7) is 3.71. The predicted molar refractivity (Wildman–Crippen MR) is 82.4 cm³/mol. The monoisotopic (exact) mass is 325 g/mol. The molecule has 0 spiro atoms. The number of ether oxygens (including phenoxy) is 1. The molecule has 0 amide bonds. The van der Waals surface area contributed by atoms with Crippen LogP contribution in [0, 0.1) is 0 Å². The molecule has 0 heterocycles. The molecule has 0 saturated heterocycles. The Morgan fingerprint density at radius 2 is 1.95 bits per heavy atom. The third-order valence-corrected chi connectivity index (χ3v) is 6.06. The van der Waals surface area contributed by atoms with Crippen molar-refractivity contribution in [2.45, 2.75) is 13.8 Å². The molecule has 1 N–H and O–H groups in total. The fraction of sp³-hybridized carbons (Fsp3) is 0.417. The average molecular weight is 326 g/mol. The molecular formula is C12H17Cl2NO3S. The fourth-order valence-electron chi connectivity index (χ4n) is 1.45. The highest BCUT2D eigenvalue weighted by molar-refractivity contribution is 8.00. The van der Waals surface area contributed by atoms with Crippen LogP contribution in [0.5, 0.6) is 0 Å². The van der Waals surface area contributed by atoms with Crippen molar-refractivity contribution in [3.63, 3.8) is 0 Å². The highest BCUT2D eigenvalue weighted by Crippen LogP contribution is 2.37. The largest absolute Gasteiger partial charge is 0.465 e. The summed E-state index contributed by atoms with van der Waals surface area (Å²) in [5.74, 6) is 0.491. The summed E-state index contributed by atoms with van der Waals surface area (Å²) >= 11 is 12.2. The van der Waals surface area contributed by atoms with E-state index in [1.54, 1.807) is 0 Å². The number of carbonyl (C=O) groups is 1. The molecule has 1 rings (SSSR count). The highest BCUT2D eigenvalue weighted by Gasteiger charge is 2.18. The van der Waals surface area contributed by atoms with Gasteiger partial charge in [0.15, 0.2) is 0 Å². The first-order chi connectivity index (χ1) is 8.88. The van der Waals surface area contributed by atoms with Crippen molar-refractivity contribution < 1.29 is 14.1 Å². The van der Waals surface area contributed by atoms with Crippen LogP contribution in [0.25, 0.3) is 0 Å². The zero-order valence-corrected chi connectivity index (χ0v) is 13.4. The molecule has 0 fully saturated rings. The first kappa shape index (κ1) is 16.4. The van der Waals surface area contributed by atoms with Crippen LogP contribution in [0.4, 0.5) is 5.69 Å².